The normalized spacial score (nSPS) is 11.2. The van der Waals surface area contributed by atoms with Gasteiger partial charge in [-0.25, -0.2) is 4.98 Å². The summed E-state index contributed by atoms with van der Waals surface area (Å²) in [5.74, 6) is 1.65. The standard InChI is InChI=1S/C29H31N3O2/c1-22-18-23(2)20-25(19-22)34-17-9-8-16-32-27-13-7-6-12-26(27)31-28(32)21-30-29(33)15-14-24-10-4-3-5-11-24/h3-7,10-15,18-20H,8-9,16-17,21H2,1-2H3,(H,30,33)/b15-14-. The Bertz CT molecular complexity index is 1260. The van der Waals surface area contributed by atoms with Gasteiger partial charge in [0.1, 0.15) is 11.6 Å². The van der Waals surface area contributed by atoms with Gasteiger partial charge in [-0.3, -0.25) is 4.79 Å². The molecule has 0 aliphatic rings. The summed E-state index contributed by atoms with van der Waals surface area (Å²) < 4.78 is 8.16. The third-order valence-corrected chi connectivity index (χ3v) is 5.62. The van der Waals surface area contributed by atoms with Gasteiger partial charge in [0.25, 0.3) is 0 Å². The molecule has 0 radical (unpaired) electrons. The molecular weight excluding hydrogens is 422 g/mol. The number of amides is 1. The molecule has 4 aromatic rings. The number of nitrogens with zero attached hydrogens (tertiary/aromatic N) is 2. The number of aromatic nitrogens is 2. The molecule has 5 nitrogen and oxygen atoms in total. The molecule has 1 N–H and O–H groups in total. The van der Waals surface area contributed by atoms with E-state index in [9.17, 15) is 4.79 Å². The Labute approximate surface area is 201 Å². The van der Waals surface area contributed by atoms with Crippen molar-refractivity contribution < 1.29 is 9.53 Å². The number of rotatable bonds is 10. The number of hydrogen-bond donors (Lipinski definition) is 1. The van der Waals surface area contributed by atoms with E-state index in [4.69, 9.17) is 9.72 Å². The maximum atomic E-state index is 12.3. The lowest BCUT2D eigenvalue weighted by Crippen LogP contribution is -2.22. The summed E-state index contributed by atoms with van der Waals surface area (Å²) in [5, 5.41) is 2.97. The smallest absolute Gasteiger partial charge is 0.244 e. The number of ether oxygens (including phenoxy) is 1. The van der Waals surface area contributed by atoms with Gasteiger partial charge in [-0.2, -0.15) is 0 Å². The number of fused-ring (bicyclic) bond motifs is 1. The topological polar surface area (TPSA) is 56.1 Å². The molecule has 4 rings (SSSR count). The molecule has 0 bridgehead atoms. The number of hydrogen-bond acceptors (Lipinski definition) is 3. The average molecular weight is 454 g/mol. The highest BCUT2D eigenvalue weighted by atomic mass is 16.5. The van der Waals surface area contributed by atoms with Crippen LogP contribution in [0.4, 0.5) is 0 Å². The van der Waals surface area contributed by atoms with Crippen LogP contribution in [0, 0.1) is 13.8 Å². The second kappa shape index (κ2) is 11.3. The largest absolute Gasteiger partial charge is 0.494 e. The molecule has 0 saturated carbocycles. The zero-order valence-corrected chi connectivity index (χ0v) is 19.8. The Kier molecular flexibility index (Phi) is 7.76. The van der Waals surface area contributed by atoms with Gasteiger partial charge in [0.2, 0.25) is 5.91 Å². The lowest BCUT2D eigenvalue weighted by atomic mass is 10.1. The molecular formula is C29H31N3O2. The Balaban J connectivity index is 1.34. The number of imidazole rings is 1. The minimum absolute atomic E-state index is 0.135. The highest BCUT2D eigenvalue weighted by Crippen LogP contribution is 2.19. The van der Waals surface area contributed by atoms with Gasteiger partial charge in [-0.1, -0.05) is 48.5 Å². The van der Waals surface area contributed by atoms with E-state index in [1.54, 1.807) is 6.08 Å². The lowest BCUT2D eigenvalue weighted by Gasteiger charge is -2.11. The fraction of sp³-hybridized carbons (Fsp3) is 0.241. The fourth-order valence-electron chi connectivity index (χ4n) is 4.05. The van der Waals surface area contributed by atoms with Crippen LogP contribution >= 0.6 is 0 Å². The van der Waals surface area contributed by atoms with Crippen molar-refractivity contribution in [3.63, 3.8) is 0 Å². The van der Waals surface area contributed by atoms with E-state index in [0.717, 1.165) is 47.6 Å². The van der Waals surface area contributed by atoms with Crippen LogP contribution in [0.5, 0.6) is 5.75 Å². The molecule has 0 saturated heterocycles. The predicted octanol–water partition coefficient (Wildman–Crippen LogP) is 5.84. The summed E-state index contributed by atoms with van der Waals surface area (Å²) in [6, 6.07) is 24.2. The highest BCUT2D eigenvalue weighted by Gasteiger charge is 2.11. The van der Waals surface area contributed by atoms with E-state index in [0.29, 0.717) is 13.2 Å². The monoisotopic (exact) mass is 453 g/mol. The molecule has 0 fully saturated rings. The molecule has 174 valence electrons. The Morgan fingerprint density at radius 3 is 2.50 bits per heavy atom. The van der Waals surface area contributed by atoms with Gasteiger partial charge < -0.3 is 14.6 Å². The molecule has 0 aliphatic carbocycles. The molecule has 0 aliphatic heterocycles. The molecule has 1 amide bonds. The van der Waals surface area contributed by atoms with Gasteiger partial charge in [-0.05, 0) is 73.7 Å². The van der Waals surface area contributed by atoms with Crippen LogP contribution in [0.3, 0.4) is 0 Å². The summed E-state index contributed by atoms with van der Waals surface area (Å²) in [6.45, 7) is 6.04. The van der Waals surface area contributed by atoms with Gasteiger partial charge >= 0.3 is 0 Å². The maximum Gasteiger partial charge on any atom is 0.244 e. The predicted molar refractivity (Wildman–Crippen MR) is 138 cm³/mol. The van der Waals surface area contributed by atoms with E-state index >= 15 is 0 Å². The summed E-state index contributed by atoms with van der Waals surface area (Å²) in [4.78, 5) is 17.1. The maximum absolute atomic E-state index is 12.3. The minimum atomic E-state index is -0.135. The zero-order valence-electron chi connectivity index (χ0n) is 19.8. The van der Waals surface area contributed by atoms with Crippen molar-refractivity contribution in [1.82, 2.24) is 14.9 Å². The third-order valence-electron chi connectivity index (χ3n) is 5.62. The first-order valence-electron chi connectivity index (χ1n) is 11.7. The zero-order chi connectivity index (χ0) is 23.8. The summed E-state index contributed by atoms with van der Waals surface area (Å²) in [5.41, 5.74) is 5.45. The van der Waals surface area contributed by atoms with Gasteiger partial charge in [0, 0.05) is 12.6 Å². The average Bonchev–Trinajstić information content (AvgIpc) is 3.19. The quantitative estimate of drug-likeness (QED) is 0.242. The van der Waals surface area contributed by atoms with E-state index < -0.39 is 0 Å². The van der Waals surface area contributed by atoms with Gasteiger partial charge in [-0.15, -0.1) is 0 Å². The second-order valence-electron chi connectivity index (χ2n) is 8.51. The molecule has 1 aromatic heterocycles. The minimum Gasteiger partial charge on any atom is -0.494 e. The van der Waals surface area contributed by atoms with Crippen LogP contribution in [0.2, 0.25) is 0 Å². The van der Waals surface area contributed by atoms with Crippen LogP contribution in [0.1, 0.15) is 35.4 Å². The molecule has 0 atom stereocenters. The SMILES string of the molecule is Cc1cc(C)cc(OCCCCn2c(CNC(=O)/C=C\c3ccccc3)nc3ccccc32)c1. The van der Waals surface area contributed by atoms with Crippen molar-refractivity contribution >= 4 is 23.0 Å². The first kappa shape index (κ1) is 23.3. The van der Waals surface area contributed by atoms with E-state index in [2.05, 4.69) is 48.0 Å². The fourth-order valence-corrected chi connectivity index (χ4v) is 4.05. The second-order valence-corrected chi connectivity index (χ2v) is 8.51. The molecule has 34 heavy (non-hydrogen) atoms. The summed E-state index contributed by atoms with van der Waals surface area (Å²) in [7, 11) is 0. The van der Waals surface area contributed by atoms with Crippen molar-refractivity contribution in [2.75, 3.05) is 6.61 Å². The van der Waals surface area contributed by atoms with Crippen molar-refractivity contribution in [3.05, 3.63) is 101 Å². The molecule has 0 unspecified atom stereocenters. The number of aryl methyl sites for hydroxylation is 3. The van der Waals surface area contributed by atoms with E-state index in [1.165, 1.54) is 11.1 Å². The van der Waals surface area contributed by atoms with E-state index in [-0.39, 0.29) is 5.91 Å². The Hall–Kier alpha value is -3.86. The molecule has 3 aromatic carbocycles. The number of nitrogens with one attached hydrogen (secondary N) is 1. The molecule has 5 heteroatoms. The van der Waals surface area contributed by atoms with Crippen LogP contribution < -0.4 is 10.1 Å². The molecule has 1 heterocycles. The van der Waals surface area contributed by atoms with Gasteiger partial charge in [0.05, 0.1) is 24.2 Å². The Morgan fingerprint density at radius 1 is 0.971 bits per heavy atom. The number of carbonyl (C=O) groups is 1. The first-order chi connectivity index (χ1) is 16.6. The number of para-hydroxylation sites is 2. The number of benzene rings is 3. The van der Waals surface area contributed by atoms with Crippen LogP contribution in [0.25, 0.3) is 17.1 Å². The van der Waals surface area contributed by atoms with Crippen molar-refractivity contribution in [1.29, 1.82) is 0 Å². The number of unbranched alkanes of at least 4 members (excludes halogenated alkanes) is 1. The first-order valence-corrected chi connectivity index (χ1v) is 11.7. The van der Waals surface area contributed by atoms with Crippen molar-refractivity contribution in [2.24, 2.45) is 0 Å². The van der Waals surface area contributed by atoms with Crippen LogP contribution in [-0.2, 0) is 17.9 Å². The van der Waals surface area contributed by atoms with Gasteiger partial charge in [0.15, 0.2) is 0 Å². The number of carbonyl (C=O) groups excluding carboxylic acids is 1. The van der Waals surface area contributed by atoms with Crippen LogP contribution in [0.15, 0.2) is 78.9 Å². The lowest BCUT2D eigenvalue weighted by molar-refractivity contribution is -0.116. The van der Waals surface area contributed by atoms with Crippen molar-refractivity contribution in [2.45, 2.75) is 39.8 Å². The third kappa shape index (κ3) is 6.35. The van der Waals surface area contributed by atoms with Crippen LogP contribution in [-0.4, -0.2) is 22.1 Å². The van der Waals surface area contributed by atoms with Crippen molar-refractivity contribution in [3.8, 4) is 5.75 Å². The molecule has 0 spiro atoms. The Morgan fingerprint density at radius 2 is 1.71 bits per heavy atom. The highest BCUT2D eigenvalue weighted by molar-refractivity contribution is 5.91. The van der Waals surface area contributed by atoms with E-state index in [1.807, 2.05) is 54.6 Å². The summed E-state index contributed by atoms with van der Waals surface area (Å²) >= 11 is 0. The summed E-state index contributed by atoms with van der Waals surface area (Å²) in [6.07, 6.45) is 5.27.